The van der Waals surface area contributed by atoms with Crippen molar-refractivity contribution in [3.8, 4) is 0 Å². The molecule has 0 rings (SSSR count). The molecule has 5 nitrogen and oxygen atoms in total. The zero-order chi connectivity index (χ0) is 59.1. The first-order valence-electron chi connectivity index (χ1n) is 34.7. The summed E-state index contributed by atoms with van der Waals surface area (Å²) in [6, 6.07) is 0. The lowest BCUT2D eigenvalue weighted by molar-refractivity contribution is -0.161. The third kappa shape index (κ3) is 68.5. The van der Waals surface area contributed by atoms with Crippen LogP contribution in [0.15, 0.2) is 134 Å². The molecule has 1 atom stereocenters. The van der Waals surface area contributed by atoms with Crippen molar-refractivity contribution in [2.24, 2.45) is 0 Å². The molecule has 0 aliphatic heterocycles. The summed E-state index contributed by atoms with van der Waals surface area (Å²) >= 11 is 0. The van der Waals surface area contributed by atoms with Gasteiger partial charge in [0.05, 0.1) is 6.61 Å². The van der Waals surface area contributed by atoms with Crippen molar-refractivity contribution in [3.63, 3.8) is 0 Å². The average Bonchev–Trinajstić information content (AvgIpc) is 3.49. The van der Waals surface area contributed by atoms with Gasteiger partial charge in [-0.1, -0.05) is 327 Å². The predicted octanol–water partition coefficient (Wildman–Crippen LogP) is 24.3. The van der Waals surface area contributed by atoms with E-state index in [0.717, 1.165) is 109 Å². The molecule has 0 aliphatic rings. The molecule has 0 bridgehead atoms. The molecule has 5 heteroatoms. The van der Waals surface area contributed by atoms with Crippen LogP contribution in [0, 0.1) is 0 Å². The van der Waals surface area contributed by atoms with Crippen molar-refractivity contribution in [3.05, 3.63) is 134 Å². The van der Waals surface area contributed by atoms with Crippen LogP contribution in [-0.4, -0.2) is 36.4 Å². The Kier molecular flexibility index (Phi) is 67.9. The molecule has 1 unspecified atom stereocenters. The predicted molar refractivity (Wildman–Crippen MR) is 361 cm³/mol. The van der Waals surface area contributed by atoms with Gasteiger partial charge in [0, 0.05) is 12.8 Å². The Bertz CT molecular complexity index is 1670. The smallest absolute Gasteiger partial charge is 0.306 e. The molecule has 0 amide bonds. The highest BCUT2D eigenvalue weighted by atomic mass is 16.6. The second kappa shape index (κ2) is 71.3. The fourth-order valence-electron chi connectivity index (χ4n) is 9.76. The van der Waals surface area contributed by atoms with E-state index in [4.69, 9.17) is 9.47 Å². The number of hydrogen-bond donors (Lipinski definition) is 1. The van der Waals surface area contributed by atoms with Crippen molar-refractivity contribution in [1.29, 1.82) is 0 Å². The molecule has 0 saturated carbocycles. The number of unbranched alkanes of at least 4 members (excludes halogenated alkanes) is 33. The maximum Gasteiger partial charge on any atom is 0.306 e. The quantitative estimate of drug-likeness (QED) is 0.0373. The second-order valence-corrected chi connectivity index (χ2v) is 22.9. The first-order chi connectivity index (χ1) is 40.6. The van der Waals surface area contributed by atoms with Crippen LogP contribution in [0.25, 0.3) is 0 Å². The van der Waals surface area contributed by atoms with Crippen molar-refractivity contribution in [2.75, 3.05) is 13.2 Å². The number of allylic oxidation sites excluding steroid dienone is 22. The summed E-state index contributed by atoms with van der Waals surface area (Å²) in [5, 5.41) is 9.70. The number of carbonyl (C=O) groups is 2. The molecule has 0 aliphatic carbocycles. The molecule has 468 valence electrons. The minimum atomic E-state index is -0.784. The molecular weight excluding hydrogens is 1000 g/mol. The topological polar surface area (TPSA) is 72.8 Å². The van der Waals surface area contributed by atoms with Gasteiger partial charge in [0.1, 0.15) is 6.61 Å². The number of rotatable bonds is 63. The van der Waals surface area contributed by atoms with Crippen molar-refractivity contribution < 1.29 is 24.2 Å². The second-order valence-electron chi connectivity index (χ2n) is 22.9. The molecule has 0 fully saturated rings. The summed E-state index contributed by atoms with van der Waals surface area (Å²) in [5.41, 5.74) is 0. The average molecular weight is 1140 g/mol. The molecule has 0 radical (unpaired) electrons. The molecule has 0 heterocycles. The highest BCUT2D eigenvalue weighted by molar-refractivity contribution is 5.70. The van der Waals surface area contributed by atoms with Gasteiger partial charge >= 0.3 is 11.9 Å². The summed E-state index contributed by atoms with van der Waals surface area (Å²) in [6.07, 6.45) is 106. The zero-order valence-electron chi connectivity index (χ0n) is 53.7. The number of aliphatic hydroxyl groups excluding tert-OH is 1. The molecule has 0 saturated heterocycles. The number of esters is 2. The molecule has 0 spiro atoms. The van der Waals surface area contributed by atoms with E-state index in [9.17, 15) is 14.7 Å². The fourth-order valence-corrected chi connectivity index (χ4v) is 9.76. The summed E-state index contributed by atoms with van der Waals surface area (Å²) in [7, 11) is 0. The Morgan fingerprint density at radius 1 is 0.293 bits per heavy atom. The third-order valence-electron chi connectivity index (χ3n) is 14.9. The molecule has 1 N–H and O–H groups in total. The van der Waals surface area contributed by atoms with E-state index in [0.29, 0.717) is 12.8 Å². The maximum atomic E-state index is 12.4. The highest BCUT2D eigenvalue weighted by Gasteiger charge is 2.16. The van der Waals surface area contributed by atoms with Crippen LogP contribution in [0.2, 0.25) is 0 Å². The third-order valence-corrected chi connectivity index (χ3v) is 14.9. The zero-order valence-corrected chi connectivity index (χ0v) is 53.7. The van der Waals surface area contributed by atoms with E-state index in [1.807, 2.05) is 0 Å². The van der Waals surface area contributed by atoms with Gasteiger partial charge in [-0.25, -0.2) is 0 Å². The monoisotopic (exact) mass is 1130 g/mol. The Balaban J connectivity index is 3.52. The summed E-state index contributed by atoms with van der Waals surface area (Å²) in [6.45, 7) is 4.04. The lowest BCUT2D eigenvalue weighted by atomic mass is 10.0. The van der Waals surface area contributed by atoms with Crippen LogP contribution in [0.3, 0.4) is 0 Å². The summed E-state index contributed by atoms with van der Waals surface area (Å²) in [4.78, 5) is 24.7. The molecular formula is C77H130O5. The molecule has 0 aromatic heterocycles. The first kappa shape index (κ1) is 78.0. The van der Waals surface area contributed by atoms with E-state index in [-0.39, 0.29) is 25.2 Å². The van der Waals surface area contributed by atoms with Crippen LogP contribution < -0.4 is 0 Å². The minimum absolute atomic E-state index is 0.0722. The van der Waals surface area contributed by atoms with E-state index in [1.54, 1.807) is 0 Å². The lowest BCUT2D eigenvalue weighted by Crippen LogP contribution is -2.28. The highest BCUT2D eigenvalue weighted by Crippen LogP contribution is 2.17. The van der Waals surface area contributed by atoms with Gasteiger partial charge in [0.15, 0.2) is 6.10 Å². The summed E-state index contributed by atoms with van der Waals surface area (Å²) < 4.78 is 10.8. The Morgan fingerprint density at radius 2 is 0.524 bits per heavy atom. The first-order valence-corrected chi connectivity index (χ1v) is 34.7. The Labute approximate surface area is 508 Å². The standard InChI is InChI=1S/C77H130O5/c1-3-5-7-9-11-13-15-17-19-21-23-25-27-29-31-33-35-36-37-38-39-40-42-44-46-48-50-52-54-56-58-60-62-64-66-68-70-72-77(80)82-75(73-78)74-81-76(79)71-69-67-65-63-61-59-57-55-53-51-49-47-45-43-41-34-32-30-28-26-24-22-20-18-16-14-12-10-8-6-4-2/h5,7,11,13,16-19,22-25,29,31,35-36,38-39,42,44,48,50,75,78H,3-4,6,8-10,12,14-15,20-21,26-28,30,32-34,37,40-41,43,45-47,49,51-74H2,1-2H3/b7-5-,13-11-,18-16-,19-17-,24-22-,25-23-,31-29-,36-35-,39-38-,44-42-,50-48-. The number of aliphatic hydroxyl groups is 1. The number of hydrogen-bond acceptors (Lipinski definition) is 5. The van der Waals surface area contributed by atoms with Gasteiger partial charge in [-0.05, 0) is 116 Å². The minimum Gasteiger partial charge on any atom is -0.462 e. The van der Waals surface area contributed by atoms with Crippen LogP contribution in [0.1, 0.15) is 322 Å². The lowest BCUT2D eigenvalue weighted by Gasteiger charge is -2.15. The van der Waals surface area contributed by atoms with Crippen molar-refractivity contribution in [2.45, 2.75) is 328 Å². The Morgan fingerprint density at radius 3 is 0.793 bits per heavy atom. The van der Waals surface area contributed by atoms with Crippen LogP contribution in [0.4, 0.5) is 0 Å². The molecule has 0 aromatic carbocycles. The van der Waals surface area contributed by atoms with E-state index in [2.05, 4.69) is 148 Å². The number of carbonyl (C=O) groups excluding carboxylic acids is 2. The van der Waals surface area contributed by atoms with Crippen molar-refractivity contribution >= 4 is 11.9 Å². The fraction of sp³-hybridized carbons (Fsp3) is 0.688. The van der Waals surface area contributed by atoms with Crippen LogP contribution in [0.5, 0.6) is 0 Å². The van der Waals surface area contributed by atoms with E-state index in [1.165, 1.54) is 186 Å². The van der Waals surface area contributed by atoms with Gasteiger partial charge in [0.25, 0.3) is 0 Å². The van der Waals surface area contributed by atoms with Crippen LogP contribution >= 0.6 is 0 Å². The normalized spacial score (nSPS) is 13.1. The van der Waals surface area contributed by atoms with E-state index >= 15 is 0 Å². The Hall–Kier alpha value is -3.96. The van der Waals surface area contributed by atoms with Gasteiger partial charge in [-0.15, -0.1) is 0 Å². The number of ether oxygens (including phenoxy) is 2. The van der Waals surface area contributed by atoms with Gasteiger partial charge in [0.2, 0.25) is 0 Å². The van der Waals surface area contributed by atoms with E-state index < -0.39 is 6.10 Å². The van der Waals surface area contributed by atoms with Crippen LogP contribution in [-0.2, 0) is 19.1 Å². The maximum absolute atomic E-state index is 12.4. The SMILES string of the molecule is CC/C=C\C/C=C\C/C=C\C/C=C\C/C=C\C/C=C\C/C=C\C/C=C\C/C=C\CCCCCCCCCCCC(=O)OC(CO)COC(=O)CCCCCCCCCCCCCCCCCCCCC/C=C\C/C=C\CCCCCCC. The van der Waals surface area contributed by atoms with Gasteiger partial charge < -0.3 is 14.6 Å². The van der Waals surface area contributed by atoms with Gasteiger partial charge in [-0.3, -0.25) is 9.59 Å². The largest absolute Gasteiger partial charge is 0.462 e. The van der Waals surface area contributed by atoms with Gasteiger partial charge in [-0.2, -0.15) is 0 Å². The summed E-state index contributed by atoms with van der Waals surface area (Å²) in [5.74, 6) is -0.593. The van der Waals surface area contributed by atoms with Crippen molar-refractivity contribution in [1.82, 2.24) is 0 Å². The molecule has 0 aromatic rings. The molecule has 82 heavy (non-hydrogen) atoms.